The van der Waals surface area contributed by atoms with Gasteiger partial charge in [-0.3, -0.25) is 0 Å². The summed E-state index contributed by atoms with van der Waals surface area (Å²) in [7, 11) is 0. The predicted octanol–water partition coefficient (Wildman–Crippen LogP) is 2.84. The highest BCUT2D eigenvalue weighted by Gasteiger charge is 2.13. The number of nitrogens with two attached hydrogens (primary N) is 1. The molecule has 0 aliphatic carbocycles. The number of carbonyl (C=O) groups is 1. The Hall–Kier alpha value is -1.26. The lowest BCUT2D eigenvalue weighted by atomic mass is 10.1. The molecule has 0 aliphatic heterocycles. The van der Waals surface area contributed by atoms with Gasteiger partial charge in [0.1, 0.15) is 0 Å². The minimum Gasteiger partial charge on any atom is -0.478 e. The highest BCUT2D eigenvalue weighted by Crippen LogP contribution is 2.36. The van der Waals surface area contributed by atoms with Gasteiger partial charge in [0.2, 0.25) is 0 Å². The topological polar surface area (TPSA) is 63.3 Å². The Balaban J connectivity index is 2.90. The van der Waals surface area contributed by atoms with Gasteiger partial charge in [-0.2, -0.15) is 0 Å². The van der Waals surface area contributed by atoms with E-state index in [1.165, 1.54) is 17.4 Å². The van der Waals surface area contributed by atoms with Crippen LogP contribution in [0.4, 0.5) is 5.69 Å². The van der Waals surface area contributed by atoms with Crippen LogP contribution in [0.3, 0.4) is 0 Å². The van der Waals surface area contributed by atoms with E-state index in [-0.39, 0.29) is 5.56 Å². The lowest BCUT2D eigenvalue weighted by Crippen LogP contribution is -1.96. The first-order chi connectivity index (χ1) is 6.61. The molecule has 0 bridgehead atoms. The van der Waals surface area contributed by atoms with E-state index < -0.39 is 5.97 Å². The third kappa shape index (κ3) is 1.23. The number of anilines is 1. The van der Waals surface area contributed by atoms with Crippen molar-refractivity contribution in [1.29, 1.82) is 0 Å². The van der Waals surface area contributed by atoms with Crippen LogP contribution in [0.25, 0.3) is 10.1 Å². The van der Waals surface area contributed by atoms with Crippen LogP contribution in [0.5, 0.6) is 0 Å². The number of thiophene rings is 1. The Morgan fingerprint density at radius 1 is 1.50 bits per heavy atom. The minimum atomic E-state index is -0.964. The molecule has 3 nitrogen and oxygen atoms in total. The van der Waals surface area contributed by atoms with Crippen molar-refractivity contribution in [3.8, 4) is 0 Å². The number of rotatable bonds is 1. The van der Waals surface area contributed by atoms with Crippen molar-refractivity contribution in [2.24, 2.45) is 0 Å². The molecule has 72 valence electrons. The van der Waals surface area contributed by atoms with Gasteiger partial charge in [0, 0.05) is 10.8 Å². The van der Waals surface area contributed by atoms with Gasteiger partial charge in [0.15, 0.2) is 0 Å². The number of aromatic carboxylic acids is 1. The van der Waals surface area contributed by atoms with Gasteiger partial charge in [0.25, 0.3) is 0 Å². The highest BCUT2D eigenvalue weighted by atomic mass is 35.5. The van der Waals surface area contributed by atoms with Gasteiger partial charge in [-0.15, -0.1) is 11.3 Å². The molecule has 0 aliphatic rings. The van der Waals surface area contributed by atoms with Crippen molar-refractivity contribution in [1.82, 2.24) is 0 Å². The summed E-state index contributed by atoms with van der Waals surface area (Å²) in [6.45, 7) is 0. The molecule has 0 atom stereocenters. The van der Waals surface area contributed by atoms with Gasteiger partial charge in [-0.1, -0.05) is 11.6 Å². The first kappa shape index (κ1) is 9.30. The second-order valence-corrected chi connectivity index (χ2v) is 4.08. The Morgan fingerprint density at radius 2 is 2.21 bits per heavy atom. The Morgan fingerprint density at radius 3 is 2.86 bits per heavy atom. The molecule has 0 unspecified atom stereocenters. The van der Waals surface area contributed by atoms with Crippen LogP contribution in [0.15, 0.2) is 17.5 Å². The third-order valence-corrected chi connectivity index (χ3v) is 3.28. The fraction of sp³-hybridized carbons (Fsp3) is 0. The van der Waals surface area contributed by atoms with E-state index in [0.717, 1.165) is 0 Å². The van der Waals surface area contributed by atoms with Crippen LogP contribution in [0, 0.1) is 0 Å². The smallest absolute Gasteiger partial charge is 0.337 e. The molecule has 0 saturated heterocycles. The number of hydrogen-bond donors (Lipinski definition) is 2. The van der Waals surface area contributed by atoms with E-state index in [9.17, 15) is 4.79 Å². The van der Waals surface area contributed by atoms with E-state index in [0.29, 0.717) is 20.8 Å². The number of carboxylic acids is 1. The van der Waals surface area contributed by atoms with Crippen molar-refractivity contribution in [3.63, 3.8) is 0 Å². The molecule has 1 aromatic carbocycles. The molecule has 0 spiro atoms. The average molecular weight is 228 g/mol. The summed E-state index contributed by atoms with van der Waals surface area (Å²) in [6, 6.07) is 3.04. The van der Waals surface area contributed by atoms with Gasteiger partial charge in [0.05, 0.1) is 21.0 Å². The zero-order valence-corrected chi connectivity index (χ0v) is 8.52. The third-order valence-electron chi connectivity index (χ3n) is 1.93. The van der Waals surface area contributed by atoms with Gasteiger partial charge in [-0.25, -0.2) is 4.79 Å². The molecule has 1 aromatic heterocycles. The highest BCUT2D eigenvalue weighted by molar-refractivity contribution is 7.18. The molecule has 2 rings (SSSR count). The number of fused-ring (bicyclic) bond motifs is 1. The molecule has 1 heterocycles. The largest absolute Gasteiger partial charge is 0.478 e. The standard InChI is InChI=1S/C9H6ClNO2S/c10-5-2-1-4(9(12)13)8-7(5)6(11)3-14-8/h1-3H,11H2,(H,12,13). The summed E-state index contributed by atoms with van der Waals surface area (Å²) in [5.41, 5.74) is 6.45. The number of halogens is 1. The number of nitrogen functional groups attached to an aromatic ring is 1. The number of carboxylic acid groups (broad SMARTS) is 1. The minimum absolute atomic E-state index is 0.242. The molecule has 0 amide bonds. The van der Waals surface area contributed by atoms with Gasteiger partial charge < -0.3 is 10.8 Å². The molecule has 5 heteroatoms. The van der Waals surface area contributed by atoms with Crippen molar-refractivity contribution in [3.05, 3.63) is 28.1 Å². The number of benzene rings is 1. The Kier molecular flexibility index (Phi) is 2.09. The summed E-state index contributed by atoms with van der Waals surface area (Å²) in [6.07, 6.45) is 0. The Labute approximate surface area is 88.7 Å². The first-order valence-corrected chi connectivity index (χ1v) is 5.05. The van der Waals surface area contributed by atoms with Crippen molar-refractivity contribution < 1.29 is 9.90 Å². The second-order valence-electron chi connectivity index (χ2n) is 2.80. The van der Waals surface area contributed by atoms with Crippen LogP contribution in [-0.4, -0.2) is 11.1 Å². The van der Waals surface area contributed by atoms with Gasteiger partial charge in [-0.05, 0) is 12.1 Å². The molecule has 2 aromatic rings. The SMILES string of the molecule is Nc1csc2c(C(=O)O)ccc(Cl)c12. The van der Waals surface area contributed by atoms with Crippen LogP contribution in [0.1, 0.15) is 10.4 Å². The summed E-state index contributed by atoms with van der Waals surface area (Å²) >= 11 is 7.21. The van der Waals surface area contributed by atoms with Gasteiger partial charge >= 0.3 is 5.97 Å². The summed E-state index contributed by atoms with van der Waals surface area (Å²) in [5.74, 6) is -0.964. The van der Waals surface area contributed by atoms with E-state index in [1.807, 2.05) is 0 Å². The maximum absolute atomic E-state index is 10.9. The summed E-state index contributed by atoms with van der Waals surface area (Å²) in [4.78, 5) is 10.9. The van der Waals surface area contributed by atoms with Crippen LogP contribution in [0.2, 0.25) is 5.02 Å². The predicted molar refractivity (Wildman–Crippen MR) is 58.2 cm³/mol. The molecule has 14 heavy (non-hydrogen) atoms. The maximum Gasteiger partial charge on any atom is 0.337 e. The van der Waals surface area contributed by atoms with Crippen molar-refractivity contribution >= 4 is 44.7 Å². The van der Waals surface area contributed by atoms with E-state index in [4.69, 9.17) is 22.4 Å². The van der Waals surface area contributed by atoms with Crippen LogP contribution >= 0.6 is 22.9 Å². The Bertz CT molecular complexity index is 521. The van der Waals surface area contributed by atoms with Crippen LogP contribution in [-0.2, 0) is 0 Å². The van der Waals surface area contributed by atoms with Crippen LogP contribution < -0.4 is 5.73 Å². The van der Waals surface area contributed by atoms with E-state index in [2.05, 4.69) is 0 Å². The molecule has 0 fully saturated rings. The second kappa shape index (κ2) is 3.15. The van der Waals surface area contributed by atoms with Crippen molar-refractivity contribution in [2.75, 3.05) is 5.73 Å². The van der Waals surface area contributed by atoms with E-state index in [1.54, 1.807) is 11.4 Å². The monoisotopic (exact) mass is 227 g/mol. The summed E-state index contributed by atoms with van der Waals surface area (Å²) in [5, 5.41) is 11.7. The zero-order valence-electron chi connectivity index (χ0n) is 6.95. The molecular weight excluding hydrogens is 222 g/mol. The molecular formula is C9H6ClNO2S. The molecule has 3 N–H and O–H groups in total. The lowest BCUT2D eigenvalue weighted by molar-refractivity contribution is 0.0699. The maximum atomic E-state index is 10.9. The normalized spacial score (nSPS) is 10.6. The quantitative estimate of drug-likeness (QED) is 0.788. The first-order valence-electron chi connectivity index (χ1n) is 3.79. The van der Waals surface area contributed by atoms with Crippen molar-refractivity contribution in [2.45, 2.75) is 0 Å². The van der Waals surface area contributed by atoms with E-state index >= 15 is 0 Å². The molecule has 0 saturated carbocycles. The fourth-order valence-electron chi connectivity index (χ4n) is 1.30. The zero-order chi connectivity index (χ0) is 10.3. The lowest BCUT2D eigenvalue weighted by Gasteiger charge is -1.99. The summed E-state index contributed by atoms with van der Waals surface area (Å²) < 4.78 is 0.627. The average Bonchev–Trinajstić information content (AvgIpc) is 2.49. The number of hydrogen-bond acceptors (Lipinski definition) is 3. The fourth-order valence-corrected chi connectivity index (χ4v) is 2.61. The molecule has 0 radical (unpaired) electrons.